The van der Waals surface area contributed by atoms with Crippen molar-refractivity contribution in [3.05, 3.63) is 48.0 Å². The van der Waals surface area contributed by atoms with Crippen molar-refractivity contribution in [1.29, 1.82) is 0 Å². The van der Waals surface area contributed by atoms with Crippen LogP contribution in [0.1, 0.15) is 17.0 Å². The minimum atomic E-state index is -3.12. The molecule has 0 N–H and O–H groups in total. The fraction of sp³-hybridized carbons (Fsp3) is 0.333. The highest BCUT2D eigenvalue weighted by Gasteiger charge is 2.33. The number of benzene rings is 1. The normalized spacial score (nSPS) is 18.2. The summed E-state index contributed by atoms with van der Waals surface area (Å²) in [5, 5.41) is 0. The van der Waals surface area contributed by atoms with E-state index >= 15 is 0 Å². The Morgan fingerprint density at radius 2 is 2.00 bits per heavy atom. The molecular formula is C18H18FNO6S. The lowest BCUT2D eigenvalue weighted by molar-refractivity contribution is -0.134. The van der Waals surface area contributed by atoms with Crippen LogP contribution in [0, 0.1) is 5.82 Å². The minimum absolute atomic E-state index is 0.0420. The largest absolute Gasteiger partial charge is 0.450 e. The van der Waals surface area contributed by atoms with Gasteiger partial charge in [0.1, 0.15) is 11.6 Å². The predicted octanol–water partition coefficient (Wildman–Crippen LogP) is 1.89. The number of nitrogens with zero attached hydrogens (tertiary/aromatic N) is 1. The molecule has 9 heteroatoms. The van der Waals surface area contributed by atoms with Crippen molar-refractivity contribution in [3.8, 4) is 11.3 Å². The van der Waals surface area contributed by atoms with Crippen LogP contribution in [0.5, 0.6) is 0 Å². The summed E-state index contributed by atoms with van der Waals surface area (Å²) in [6, 6.07) is 8.31. The van der Waals surface area contributed by atoms with Crippen LogP contribution in [0.3, 0.4) is 0 Å². The second-order valence-corrected chi connectivity index (χ2v) is 8.51. The first-order chi connectivity index (χ1) is 12.8. The van der Waals surface area contributed by atoms with E-state index in [1.54, 1.807) is 6.07 Å². The highest BCUT2D eigenvalue weighted by atomic mass is 32.2. The van der Waals surface area contributed by atoms with Gasteiger partial charge in [-0.25, -0.2) is 17.6 Å². The van der Waals surface area contributed by atoms with Crippen LogP contribution in [0.4, 0.5) is 4.39 Å². The van der Waals surface area contributed by atoms with Gasteiger partial charge in [0.25, 0.3) is 5.91 Å². The first kappa shape index (κ1) is 19.1. The number of ether oxygens (including phenoxy) is 1. The molecule has 1 aromatic heterocycles. The second-order valence-electron chi connectivity index (χ2n) is 6.28. The standard InChI is InChI=1S/C18H18FNO6S/c1-20(12-8-9-27(23,24)11-12)17(21)10-25-18(22)16-7-6-15(26-16)13-4-2-3-5-14(13)19/h2-7,12H,8-11H2,1H3. The van der Waals surface area contributed by atoms with Crippen molar-refractivity contribution in [1.82, 2.24) is 4.90 Å². The third-order valence-corrected chi connectivity index (χ3v) is 6.17. The van der Waals surface area contributed by atoms with E-state index < -0.39 is 40.2 Å². The van der Waals surface area contributed by atoms with Gasteiger partial charge in [0.15, 0.2) is 16.4 Å². The Labute approximate surface area is 155 Å². The number of carbonyl (C=O) groups is 2. The first-order valence-corrected chi connectivity index (χ1v) is 10.1. The highest BCUT2D eigenvalue weighted by Crippen LogP contribution is 2.25. The zero-order valence-corrected chi connectivity index (χ0v) is 15.4. The van der Waals surface area contributed by atoms with Crippen molar-refractivity contribution in [2.24, 2.45) is 0 Å². The van der Waals surface area contributed by atoms with E-state index in [-0.39, 0.29) is 28.6 Å². The third kappa shape index (κ3) is 4.36. The maximum Gasteiger partial charge on any atom is 0.374 e. The maximum atomic E-state index is 13.8. The second kappa shape index (κ2) is 7.51. The highest BCUT2D eigenvalue weighted by molar-refractivity contribution is 7.91. The van der Waals surface area contributed by atoms with Crippen molar-refractivity contribution in [2.75, 3.05) is 25.2 Å². The Bertz CT molecular complexity index is 968. The van der Waals surface area contributed by atoms with Crippen LogP contribution in [0.25, 0.3) is 11.3 Å². The molecule has 2 heterocycles. The van der Waals surface area contributed by atoms with Crippen LogP contribution < -0.4 is 0 Å². The summed E-state index contributed by atoms with van der Waals surface area (Å²) in [7, 11) is -1.65. The summed E-state index contributed by atoms with van der Waals surface area (Å²) in [6.07, 6.45) is 0.364. The summed E-state index contributed by atoms with van der Waals surface area (Å²) < 4.78 is 47.0. The summed E-state index contributed by atoms with van der Waals surface area (Å²) in [6.45, 7) is -0.540. The molecule has 1 saturated heterocycles. The van der Waals surface area contributed by atoms with Crippen LogP contribution in [0.15, 0.2) is 40.8 Å². The van der Waals surface area contributed by atoms with Crippen LogP contribution in [-0.4, -0.2) is 56.4 Å². The molecule has 0 bridgehead atoms. The van der Waals surface area contributed by atoms with E-state index in [1.165, 1.54) is 42.3 Å². The number of sulfone groups is 1. The number of carbonyl (C=O) groups excluding carboxylic acids is 2. The molecule has 1 fully saturated rings. The Morgan fingerprint density at radius 1 is 1.26 bits per heavy atom. The molecular weight excluding hydrogens is 377 g/mol. The molecule has 27 heavy (non-hydrogen) atoms. The zero-order chi connectivity index (χ0) is 19.6. The Hall–Kier alpha value is -2.68. The average Bonchev–Trinajstić information content (AvgIpc) is 3.25. The van der Waals surface area contributed by atoms with Gasteiger partial charge >= 0.3 is 5.97 Å². The number of amides is 1. The van der Waals surface area contributed by atoms with Crippen molar-refractivity contribution >= 4 is 21.7 Å². The van der Waals surface area contributed by atoms with E-state index in [4.69, 9.17) is 9.15 Å². The Morgan fingerprint density at radius 3 is 2.67 bits per heavy atom. The summed E-state index contributed by atoms with van der Waals surface area (Å²) >= 11 is 0. The summed E-state index contributed by atoms with van der Waals surface area (Å²) in [5.41, 5.74) is 0.204. The predicted molar refractivity (Wildman–Crippen MR) is 94.2 cm³/mol. The lowest BCUT2D eigenvalue weighted by Crippen LogP contribution is -2.40. The van der Waals surface area contributed by atoms with E-state index in [0.717, 1.165) is 0 Å². The topological polar surface area (TPSA) is 93.9 Å². The number of hydrogen-bond donors (Lipinski definition) is 0. The molecule has 0 spiro atoms. The molecule has 1 unspecified atom stereocenters. The average molecular weight is 395 g/mol. The van der Waals surface area contributed by atoms with Gasteiger partial charge in [0.2, 0.25) is 5.76 Å². The fourth-order valence-electron chi connectivity index (χ4n) is 2.84. The molecule has 1 amide bonds. The smallest absolute Gasteiger partial charge is 0.374 e. The molecule has 1 aromatic carbocycles. The van der Waals surface area contributed by atoms with Crippen LogP contribution >= 0.6 is 0 Å². The third-order valence-electron chi connectivity index (χ3n) is 4.42. The molecule has 0 saturated carbocycles. The first-order valence-electron chi connectivity index (χ1n) is 8.25. The van der Waals surface area contributed by atoms with Crippen LogP contribution in [0.2, 0.25) is 0 Å². The van der Waals surface area contributed by atoms with Gasteiger partial charge in [-0.3, -0.25) is 4.79 Å². The monoisotopic (exact) mass is 395 g/mol. The number of hydrogen-bond acceptors (Lipinski definition) is 6. The fourth-order valence-corrected chi connectivity index (χ4v) is 4.61. The lowest BCUT2D eigenvalue weighted by atomic mass is 10.1. The number of esters is 1. The van der Waals surface area contributed by atoms with Crippen LogP contribution in [-0.2, 0) is 19.4 Å². The van der Waals surface area contributed by atoms with Gasteiger partial charge in [-0.15, -0.1) is 0 Å². The summed E-state index contributed by atoms with van der Waals surface area (Å²) in [5.74, 6) is -1.90. The van der Waals surface area contributed by atoms with Gasteiger partial charge in [-0.2, -0.15) is 0 Å². The molecule has 1 atom stereocenters. The molecule has 2 aromatic rings. The summed E-state index contributed by atoms with van der Waals surface area (Å²) in [4.78, 5) is 25.5. The molecule has 3 rings (SSSR count). The number of likely N-dealkylation sites (N-methyl/N-ethyl adjacent to an activating group) is 1. The van der Waals surface area contributed by atoms with E-state index in [9.17, 15) is 22.4 Å². The quantitative estimate of drug-likeness (QED) is 0.718. The van der Waals surface area contributed by atoms with E-state index in [0.29, 0.717) is 6.42 Å². The molecule has 0 radical (unpaired) electrons. The SMILES string of the molecule is CN(C(=O)COC(=O)c1ccc(-c2ccccc2F)o1)C1CCS(=O)(=O)C1. The van der Waals surface area contributed by atoms with Gasteiger partial charge in [0, 0.05) is 13.1 Å². The van der Waals surface area contributed by atoms with Gasteiger partial charge in [0.05, 0.1) is 17.1 Å². The molecule has 1 aliphatic heterocycles. The number of halogens is 1. The van der Waals surface area contributed by atoms with Crippen molar-refractivity contribution in [2.45, 2.75) is 12.5 Å². The minimum Gasteiger partial charge on any atom is -0.450 e. The maximum absolute atomic E-state index is 13.8. The molecule has 0 aliphatic carbocycles. The lowest BCUT2D eigenvalue weighted by Gasteiger charge is -2.22. The number of rotatable bonds is 5. The Balaban J connectivity index is 1.58. The van der Waals surface area contributed by atoms with Gasteiger partial charge in [-0.05, 0) is 30.7 Å². The molecule has 144 valence electrons. The number of furan rings is 1. The van der Waals surface area contributed by atoms with Crippen molar-refractivity contribution in [3.63, 3.8) is 0 Å². The van der Waals surface area contributed by atoms with E-state index in [2.05, 4.69) is 0 Å². The van der Waals surface area contributed by atoms with Gasteiger partial charge in [-0.1, -0.05) is 12.1 Å². The Kier molecular flexibility index (Phi) is 5.31. The molecule has 7 nitrogen and oxygen atoms in total. The van der Waals surface area contributed by atoms with E-state index in [1.807, 2.05) is 0 Å². The van der Waals surface area contributed by atoms with Gasteiger partial charge < -0.3 is 14.1 Å². The molecule has 1 aliphatic rings. The zero-order valence-electron chi connectivity index (χ0n) is 14.6. The van der Waals surface area contributed by atoms with Crippen molar-refractivity contribution < 1.29 is 31.6 Å².